The van der Waals surface area contributed by atoms with E-state index in [1.54, 1.807) is 18.3 Å². The van der Waals surface area contributed by atoms with Crippen LogP contribution in [0, 0.1) is 6.92 Å². The quantitative estimate of drug-likeness (QED) is 0.853. The Morgan fingerprint density at radius 2 is 2.12 bits per heavy atom. The average molecular weight is 261 g/mol. The molecule has 0 aliphatic rings. The van der Waals surface area contributed by atoms with E-state index in [-0.39, 0.29) is 17.5 Å². The molecule has 1 rings (SSSR count). The van der Waals surface area contributed by atoms with Gasteiger partial charge in [0, 0.05) is 28.1 Å². The van der Waals surface area contributed by atoms with Gasteiger partial charge in [-0.2, -0.15) is 0 Å². The van der Waals surface area contributed by atoms with E-state index >= 15 is 0 Å². The lowest BCUT2D eigenvalue weighted by molar-refractivity contribution is 0.576. The number of aryl methyl sites for hydroxylation is 1. The molecular weight excluding hydrogens is 242 g/mol. The minimum atomic E-state index is -2.85. The van der Waals surface area contributed by atoms with Crippen molar-refractivity contribution in [3.63, 3.8) is 0 Å². The number of nitrogens with one attached hydrogen (secondary N) is 1. The molecule has 1 unspecified atom stereocenters. The molecule has 0 aliphatic heterocycles. The first-order chi connectivity index (χ1) is 7.44. The summed E-state index contributed by atoms with van der Waals surface area (Å²) in [5, 5.41) is 3.23. The van der Waals surface area contributed by atoms with Crippen LogP contribution in [-0.4, -0.2) is 26.5 Å². The van der Waals surface area contributed by atoms with Gasteiger partial charge in [-0.25, -0.2) is 8.42 Å². The maximum atomic E-state index is 11.3. The van der Waals surface area contributed by atoms with E-state index in [9.17, 15) is 8.42 Å². The summed E-state index contributed by atoms with van der Waals surface area (Å²) in [7, 11) is -2.85. The summed E-state index contributed by atoms with van der Waals surface area (Å²) >= 11 is 1.75. The highest BCUT2D eigenvalue weighted by atomic mass is 32.2. The molecule has 1 heterocycles. The standard InChI is InChI=1S/C11H19NO2S2/c1-4-16(13,14)8-7-12-10(3)11-6-5-9(2)15-11/h5-6,10,12H,4,7-8H2,1-3H3. The highest BCUT2D eigenvalue weighted by Crippen LogP contribution is 2.21. The lowest BCUT2D eigenvalue weighted by Gasteiger charge is -2.11. The van der Waals surface area contributed by atoms with Crippen molar-refractivity contribution >= 4 is 21.2 Å². The molecule has 0 fully saturated rings. The molecule has 0 saturated carbocycles. The lowest BCUT2D eigenvalue weighted by Crippen LogP contribution is -2.25. The summed E-state index contributed by atoms with van der Waals surface area (Å²) in [5.41, 5.74) is 0. The third-order valence-corrected chi connectivity index (χ3v) is 5.38. The van der Waals surface area contributed by atoms with Gasteiger partial charge in [0.2, 0.25) is 0 Å². The van der Waals surface area contributed by atoms with Gasteiger partial charge in [-0.3, -0.25) is 0 Å². The third-order valence-electron chi connectivity index (χ3n) is 2.49. The van der Waals surface area contributed by atoms with E-state index in [0.29, 0.717) is 6.54 Å². The molecule has 1 atom stereocenters. The first-order valence-electron chi connectivity index (χ1n) is 5.44. The maximum absolute atomic E-state index is 11.3. The summed E-state index contributed by atoms with van der Waals surface area (Å²) in [5.74, 6) is 0.444. The van der Waals surface area contributed by atoms with Gasteiger partial charge in [0.15, 0.2) is 9.84 Å². The van der Waals surface area contributed by atoms with Gasteiger partial charge in [-0.05, 0) is 26.0 Å². The van der Waals surface area contributed by atoms with Crippen LogP contribution in [0.15, 0.2) is 12.1 Å². The van der Waals surface area contributed by atoms with Gasteiger partial charge in [0.05, 0.1) is 5.75 Å². The van der Waals surface area contributed by atoms with Gasteiger partial charge in [0.1, 0.15) is 0 Å². The Labute approximate surface area is 102 Å². The maximum Gasteiger partial charge on any atom is 0.151 e. The number of hydrogen-bond donors (Lipinski definition) is 1. The van der Waals surface area contributed by atoms with Gasteiger partial charge in [0.25, 0.3) is 0 Å². The fraction of sp³-hybridized carbons (Fsp3) is 0.636. The third kappa shape index (κ3) is 4.23. The summed E-state index contributed by atoms with van der Waals surface area (Å²) in [6, 6.07) is 4.40. The van der Waals surface area contributed by atoms with Crippen LogP contribution in [-0.2, 0) is 9.84 Å². The van der Waals surface area contributed by atoms with Gasteiger partial charge >= 0.3 is 0 Å². The zero-order valence-corrected chi connectivity index (χ0v) is 11.6. The van der Waals surface area contributed by atoms with E-state index in [1.807, 2.05) is 0 Å². The molecule has 92 valence electrons. The largest absolute Gasteiger partial charge is 0.308 e. The Balaban J connectivity index is 2.39. The molecule has 0 bridgehead atoms. The monoisotopic (exact) mass is 261 g/mol. The van der Waals surface area contributed by atoms with Crippen LogP contribution in [0.1, 0.15) is 29.6 Å². The number of thiophene rings is 1. The Morgan fingerprint density at radius 1 is 1.44 bits per heavy atom. The molecule has 0 saturated heterocycles. The summed E-state index contributed by atoms with van der Waals surface area (Å²) < 4.78 is 22.6. The van der Waals surface area contributed by atoms with Crippen LogP contribution in [0.2, 0.25) is 0 Å². The van der Waals surface area contributed by atoms with Crippen molar-refractivity contribution in [1.82, 2.24) is 5.32 Å². The molecule has 3 nitrogen and oxygen atoms in total. The van der Waals surface area contributed by atoms with Gasteiger partial charge < -0.3 is 5.32 Å². The Bertz CT molecular complexity index is 423. The smallest absolute Gasteiger partial charge is 0.151 e. The molecule has 5 heteroatoms. The summed E-state index contributed by atoms with van der Waals surface area (Å²) in [6.07, 6.45) is 0. The second-order valence-electron chi connectivity index (χ2n) is 3.86. The minimum Gasteiger partial charge on any atom is -0.308 e. The van der Waals surface area contributed by atoms with E-state index in [4.69, 9.17) is 0 Å². The summed E-state index contributed by atoms with van der Waals surface area (Å²) in [6.45, 7) is 6.34. The molecule has 0 radical (unpaired) electrons. The van der Waals surface area contributed by atoms with Gasteiger partial charge in [-0.1, -0.05) is 6.92 Å². The second-order valence-corrected chi connectivity index (χ2v) is 7.65. The van der Waals surface area contributed by atoms with Crippen molar-refractivity contribution in [1.29, 1.82) is 0 Å². The van der Waals surface area contributed by atoms with Gasteiger partial charge in [-0.15, -0.1) is 11.3 Å². The zero-order chi connectivity index (χ0) is 12.2. The van der Waals surface area contributed by atoms with Crippen LogP contribution < -0.4 is 5.32 Å². The molecular formula is C11H19NO2S2. The molecule has 0 spiro atoms. The molecule has 0 aromatic carbocycles. The van der Waals surface area contributed by atoms with Crippen LogP contribution in [0.4, 0.5) is 0 Å². The van der Waals surface area contributed by atoms with Crippen molar-refractivity contribution in [2.45, 2.75) is 26.8 Å². The van der Waals surface area contributed by atoms with Crippen molar-refractivity contribution < 1.29 is 8.42 Å². The fourth-order valence-electron chi connectivity index (χ4n) is 1.36. The molecule has 1 aromatic heterocycles. The Morgan fingerprint density at radius 3 is 2.62 bits per heavy atom. The van der Waals surface area contributed by atoms with Crippen LogP contribution in [0.3, 0.4) is 0 Å². The van der Waals surface area contributed by atoms with Crippen LogP contribution in [0.5, 0.6) is 0 Å². The Kier molecular flexibility index (Phi) is 4.95. The first kappa shape index (κ1) is 13.7. The summed E-state index contributed by atoms with van der Waals surface area (Å²) in [4.78, 5) is 2.54. The molecule has 1 N–H and O–H groups in total. The second kappa shape index (κ2) is 5.80. The molecule has 16 heavy (non-hydrogen) atoms. The van der Waals surface area contributed by atoms with E-state index < -0.39 is 9.84 Å². The lowest BCUT2D eigenvalue weighted by atomic mass is 10.3. The van der Waals surface area contributed by atoms with E-state index in [0.717, 1.165) is 0 Å². The number of rotatable bonds is 6. The Hall–Kier alpha value is -0.390. The number of hydrogen-bond acceptors (Lipinski definition) is 4. The molecule has 1 aromatic rings. The molecule has 0 aliphatic carbocycles. The molecule has 0 amide bonds. The van der Waals surface area contributed by atoms with Crippen LogP contribution >= 0.6 is 11.3 Å². The SMILES string of the molecule is CCS(=O)(=O)CCNC(C)c1ccc(C)s1. The number of sulfone groups is 1. The van der Waals surface area contributed by atoms with Crippen molar-refractivity contribution in [3.8, 4) is 0 Å². The van der Waals surface area contributed by atoms with E-state index in [1.165, 1.54) is 9.75 Å². The highest BCUT2D eigenvalue weighted by Gasteiger charge is 2.10. The predicted octanol–water partition coefficient (Wildman–Crippen LogP) is 2.14. The highest BCUT2D eigenvalue weighted by molar-refractivity contribution is 7.91. The average Bonchev–Trinajstić information content (AvgIpc) is 2.64. The first-order valence-corrected chi connectivity index (χ1v) is 8.08. The van der Waals surface area contributed by atoms with E-state index in [2.05, 4.69) is 31.3 Å². The van der Waals surface area contributed by atoms with Crippen molar-refractivity contribution in [2.24, 2.45) is 0 Å². The minimum absolute atomic E-state index is 0.220. The van der Waals surface area contributed by atoms with Crippen molar-refractivity contribution in [3.05, 3.63) is 21.9 Å². The fourth-order valence-corrected chi connectivity index (χ4v) is 2.98. The topological polar surface area (TPSA) is 46.2 Å². The van der Waals surface area contributed by atoms with Crippen molar-refractivity contribution in [2.75, 3.05) is 18.1 Å². The predicted molar refractivity (Wildman–Crippen MR) is 69.8 cm³/mol. The normalized spacial score (nSPS) is 13.9. The zero-order valence-electron chi connectivity index (χ0n) is 9.99. The van der Waals surface area contributed by atoms with Crippen LogP contribution in [0.25, 0.3) is 0 Å².